The molecule has 1 saturated carbocycles. The second-order valence-corrected chi connectivity index (χ2v) is 6.85. The van der Waals surface area contributed by atoms with Crippen molar-refractivity contribution in [2.45, 2.75) is 44.4 Å². The summed E-state index contributed by atoms with van der Waals surface area (Å²) >= 11 is 0. The minimum atomic E-state index is 0.302. The average molecular weight is 340 g/mol. The number of ether oxygens (including phenoxy) is 2. The smallest absolute Gasteiger partial charge is 0.156 e. The zero-order valence-electron chi connectivity index (χ0n) is 14.5. The molecule has 1 aliphatic carbocycles. The van der Waals surface area contributed by atoms with Crippen LogP contribution in [-0.2, 0) is 24.3 Å². The number of benzene rings is 1. The van der Waals surface area contributed by atoms with Gasteiger partial charge in [0.05, 0.1) is 6.61 Å². The van der Waals surface area contributed by atoms with Gasteiger partial charge in [0.15, 0.2) is 5.82 Å². The van der Waals surface area contributed by atoms with Crippen LogP contribution < -0.4 is 15.8 Å². The first-order chi connectivity index (χ1) is 12.2. The summed E-state index contributed by atoms with van der Waals surface area (Å²) in [5, 5.41) is 3.43. The zero-order valence-corrected chi connectivity index (χ0v) is 14.5. The van der Waals surface area contributed by atoms with Gasteiger partial charge in [-0.15, -0.1) is 0 Å². The lowest BCUT2D eigenvalue weighted by atomic mass is 9.78. The Kier molecular flexibility index (Phi) is 4.55. The third-order valence-electron chi connectivity index (χ3n) is 4.89. The van der Waals surface area contributed by atoms with Crippen LogP contribution in [0.5, 0.6) is 5.75 Å². The van der Waals surface area contributed by atoms with Gasteiger partial charge in [0.25, 0.3) is 0 Å². The van der Waals surface area contributed by atoms with Crippen molar-refractivity contribution >= 4 is 5.82 Å². The highest BCUT2D eigenvalue weighted by Crippen LogP contribution is 2.35. The van der Waals surface area contributed by atoms with Gasteiger partial charge in [-0.05, 0) is 30.0 Å². The third kappa shape index (κ3) is 3.60. The highest BCUT2D eigenvalue weighted by Gasteiger charge is 2.29. The molecule has 0 spiro atoms. The van der Waals surface area contributed by atoms with Gasteiger partial charge >= 0.3 is 0 Å². The lowest BCUT2D eigenvalue weighted by Gasteiger charge is -2.32. The van der Waals surface area contributed by atoms with E-state index in [9.17, 15) is 0 Å². The van der Waals surface area contributed by atoms with E-state index < -0.39 is 0 Å². The number of methoxy groups -OCH3 is 1. The molecule has 2 aromatic rings. The molecule has 0 saturated heterocycles. The van der Waals surface area contributed by atoms with Crippen LogP contribution in [0, 0.1) is 0 Å². The molecule has 2 aliphatic rings. The van der Waals surface area contributed by atoms with E-state index >= 15 is 0 Å². The predicted octanol–water partition coefficient (Wildman–Crippen LogP) is 2.37. The molecule has 1 aromatic carbocycles. The van der Waals surface area contributed by atoms with Crippen molar-refractivity contribution in [3.8, 4) is 5.75 Å². The van der Waals surface area contributed by atoms with E-state index in [2.05, 4.69) is 33.5 Å². The number of hydrogen-bond donors (Lipinski definition) is 2. The summed E-state index contributed by atoms with van der Waals surface area (Å²) in [4.78, 5) is 9.20. The maximum absolute atomic E-state index is 5.93. The van der Waals surface area contributed by atoms with Crippen LogP contribution in [0.1, 0.15) is 41.4 Å². The van der Waals surface area contributed by atoms with Crippen LogP contribution in [0.25, 0.3) is 0 Å². The molecule has 0 atom stereocenters. The molecule has 2 heterocycles. The monoisotopic (exact) mass is 340 g/mol. The fraction of sp³-hybridized carbons (Fsp3) is 0.474. The maximum atomic E-state index is 5.93. The van der Waals surface area contributed by atoms with E-state index in [0.29, 0.717) is 24.4 Å². The molecule has 3 N–H and O–H groups in total. The predicted molar refractivity (Wildman–Crippen MR) is 95.7 cm³/mol. The Labute approximate surface area is 147 Å². The second-order valence-electron chi connectivity index (χ2n) is 6.85. The lowest BCUT2D eigenvalue weighted by molar-refractivity contribution is 0.177. The number of rotatable bonds is 6. The van der Waals surface area contributed by atoms with Crippen molar-refractivity contribution in [3.63, 3.8) is 0 Å². The molecular weight excluding hydrogens is 316 g/mol. The van der Waals surface area contributed by atoms with E-state index in [4.69, 9.17) is 15.2 Å². The minimum absolute atomic E-state index is 0.302. The van der Waals surface area contributed by atoms with Crippen molar-refractivity contribution in [1.82, 2.24) is 9.97 Å². The lowest BCUT2D eigenvalue weighted by Crippen LogP contribution is -2.35. The van der Waals surface area contributed by atoms with E-state index in [1.165, 1.54) is 11.1 Å². The van der Waals surface area contributed by atoms with Crippen molar-refractivity contribution in [2.24, 2.45) is 5.73 Å². The number of nitrogens with zero attached hydrogens (tertiary/aromatic N) is 2. The molecule has 4 rings (SSSR count). The molecule has 0 bridgehead atoms. The maximum Gasteiger partial charge on any atom is 0.156 e. The molecule has 6 heteroatoms. The van der Waals surface area contributed by atoms with Crippen LogP contribution >= 0.6 is 0 Å². The van der Waals surface area contributed by atoms with Gasteiger partial charge in [-0.3, -0.25) is 0 Å². The Morgan fingerprint density at radius 1 is 1.28 bits per heavy atom. The Morgan fingerprint density at radius 3 is 2.96 bits per heavy atom. The Hall–Kier alpha value is -2.18. The number of anilines is 1. The largest absolute Gasteiger partial charge is 0.493 e. The third-order valence-corrected chi connectivity index (χ3v) is 4.89. The fourth-order valence-corrected chi connectivity index (χ4v) is 3.46. The van der Waals surface area contributed by atoms with E-state index in [-0.39, 0.29) is 0 Å². The molecule has 0 unspecified atom stereocenters. The molecule has 1 aromatic heterocycles. The van der Waals surface area contributed by atoms with Gasteiger partial charge in [-0.2, -0.15) is 0 Å². The normalized spacial score (nSPS) is 21.4. The molecule has 0 amide bonds. The minimum Gasteiger partial charge on any atom is -0.493 e. The van der Waals surface area contributed by atoms with Crippen LogP contribution in [0.2, 0.25) is 0 Å². The summed E-state index contributed by atoms with van der Waals surface area (Å²) in [6, 6.07) is 8.71. The molecular formula is C19H24N4O2. The molecule has 1 fully saturated rings. The number of nitrogens with two attached hydrogens (primary N) is 1. The van der Waals surface area contributed by atoms with Crippen LogP contribution in [0.3, 0.4) is 0 Å². The first kappa shape index (κ1) is 16.3. The summed E-state index contributed by atoms with van der Waals surface area (Å²) in [5.74, 6) is 3.00. The van der Waals surface area contributed by atoms with Crippen molar-refractivity contribution in [3.05, 3.63) is 46.9 Å². The summed E-state index contributed by atoms with van der Waals surface area (Å²) in [6.07, 6.45) is 2.97. The van der Waals surface area contributed by atoms with E-state index in [1.807, 2.05) is 6.07 Å². The van der Waals surface area contributed by atoms with Crippen LogP contribution in [-0.4, -0.2) is 29.7 Å². The van der Waals surface area contributed by atoms with Crippen LogP contribution in [0.4, 0.5) is 5.82 Å². The summed E-state index contributed by atoms with van der Waals surface area (Å²) in [5.41, 5.74) is 9.50. The highest BCUT2D eigenvalue weighted by atomic mass is 16.5. The Balaban J connectivity index is 1.49. The molecule has 132 valence electrons. The second kappa shape index (κ2) is 6.98. The summed E-state index contributed by atoms with van der Waals surface area (Å²) in [7, 11) is 1.66. The van der Waals surface area contributed by atoms with Gasteiger partial charge < -0.3 is 20.5 Å². The van der Waals surface area contributed by atoms with Gasteiger partial charge in [0.1, 0.15) is 18.2 Å². The first-order valence-corrected chi connectivity index (χ1v) is 8.82. The number of fused-ring (bicyclic) bond motifs is 1. The highest BCUT2D eigenvalue weighted by molar-refractivity contribution is 5.43. The van der Waals surface area contributed by atoms with Gasteiger partial charge in [0.2, 0.25) is 0 Å². The number of nitrogens with one attached hydrogen (secondary N) is 1. The first-order valence-electron chi connectivity index (χ1n) is 8.82. The van der Waals surface area contributed by atoms with E-state index in [0.717, 1.165) is 49.7 Å². The summed E-state index contributed by atoms with van der Waals surface area (Å²) < 4.78 is 10.8. The van der Waals surface area contributed by atoms with Gasteiger partial charge in [0, 0.05) is 43.8 Å². The summed E-state index contributed by atoms with van der Waals surface area (Å²) in [6.45, 7) is 1.92. The van der Waals surface area contributed by atoms with Gasteiger partial charge in [-0.1, -0.05) is 12.1 Å². The molecule has 1 aliphatic heterocycles. The van der Waals surface area contributed by atoms with Crippen molar-refractivity contribution < 1.29 is 9.47 Å². The Morgan fingerprint density at radius 2 is 2.16 bits per heavy atom. The topological polar surface area (TPSA) is 82.3 Å². The van der Waals surface area contributed by atoms with Crippen molar-refractivity contribution in [2.75, 3.05) is 19.0 Å². The standard InChI is InChI=1S/C19H24N4O2/c1-24-11-19-22-16(14-7-15(20)8-14)9-18(23-19)21-10-12-2-3-17-13(6-12)4-5-25-17/h2-3,6,9,14-15H,4-5,7-8,10-11,20H2,1H3,(H,21,22,23). The number of aromatic nitrogens is 2. The fourth-order valence-electron chi connectivity index (χ4n) is 3.46. The van der Waals surface area contributed by atoms with Crippen molar-refractivity contribution in [1.29, 1.82) is 0 Å². The zero-order chi connectivity index (χ0) is 17.2. The van der Waals surface area contributed by atoms with Crippen LogP contribution in [0.15, 0.2) is 24.3 Å². The molecule has 6 nitrogen and oxygen atoms in total. The molecule has 0 radical (unpaired) electrons. The van der Waals surface area contributed by atoms with Gasteiger partial charge in [-0.25, -0.2) is 9.97 Å². The molecule has 25 heavy (non-hydrogen) atoms. The average Bonchev–Trinajstić information content (AvgIpc) is 3.05. The van der Waals surface area contributed by atoms with E-state index in [1.54, 1.807) is 7.11 Å². The Bertz CT molecular complexity index is 759. The number of hydrogen-bond acceptors (Lipinski definition) is 6. The SMILES string of the molecule is COCc1nc(NCc2ccc3c(c2)CCO3)cc(C2CC(N)C2)n1. The quantitative estimate of drug-likeness (QED) is 0.840.